The highest BCUT2D eigenvalue weighted by Crippen LogP contribution is 2.32. The van der Waals surface area contributed by atoms with E-state index in [4.69, 9.17) is 11.6 Å². The Kier molecular flexibility index (Phi) is 3.85. The summed E-state index contributed by atoms with van der Waals surface area (Å²) >= 11 is 5.72. The lowest BCUT2D eigenvalue weighted by Crippen LogP contribution is -2.47. The van der Waals surface area contributed by atoms with Crippen molar-refractivity contribution < 1.29 is 18.3 Å². The first kappa shape index (κ1) is 15.6. The Morgan fingerprint density at radius 3 is 2.43 bits per heavy atom. The molecule has 1 aromatic carbocycles. The fourth-order valence-electron chi connectivity index (χ4n) is 1.68. The lowest BCUT2D eigenvalue weighted by molar-refractivity contribution is -0.257. The summed E-state index contributed by atoms with van der Waals surface area (Å²) in [5, 5.41) is 15.7. The van der Waals surface area contributed by atoms with Gasteiger partial charge in [0, 0.05) is 10.6 Å². The highest BCUT2D eigenvalue weighted by molar-refractivity contribution is 6.30. The van der Waals surface area contributed by atoms with Crippen molar-refractivity contribution in [2.45, 2.75) is 25.2 Å². The molecule has 0 bridgehead atoms. The van der Waals surface area contributed by atoms with Crippen LogP contribution in [-0.2, 0) is 6.54 Å². The molecule has 5 nitrogen and oxygen atoms in total. The maximum atomic E-state index is 12.7. The number of alkyl halides is 3. The normalized spacial score (nSPS) is 15.0. The number of hydrogen-bond acceptors (Lipinski definition) is 3. The predicted molar refractivity (Wildman–Crippen MR) is 70.0 cm³/mol. The smallest absolute Gasteiger partial charge is 0.379 e. The van der Waals surface area contributed by atoms with Crippen LogP contribution < -0.4 is 5.69 Å². The monoisotopic (exact) mass is 321 g/mol. The van der Waals surface area contributed by atoms with Crippen molar-refractivity contribution in [1.29, 1.82) is 0 Å². The molecule has 2 aromatic rings. The van der Waals surface area contributed by atoms with Crippen LogP contribution in [0.25, 0.3) is 11.4 Å². The number of hydrogen-bond donors (Lipinski definition) is 2. The van der Waals surface area contributed by atoms with Crippen LogP contribution in [0, 0.1) is 0 Å². The molecule has 0 saturated carbocycles. The molecule has 0 amide bonds. The number of benzene rings is 1. The fraction of sp³-hybridized carbons (Fsp3) is 0.333. The highest BCUT2D eigenvalue weighted by Gasteiger charge is 2.50. The van der Waals surface area contributed by atoms with Crippen LogP contribution in [0.2, 0.25) is 5.02 Å². The van der Waals surface area contributed by atoms with E-state index in [1.807, 2.05) is 0 Å². The molecule has 0 radical (unpaired) electrons. The van der Waals surface area contributed by atoms with Gasteiger partial charge >= 0.3 is 11.9 Å². The number of aliphatic hydroxyl groups is 1. The molecule has 0 aliphatic carbocycles. The van der Waals surface area contributed by atoms with Crippen molar-refractivity contribution in [2.24, 2.45) is 0 Å². The van der Waals surface area contributed by atoms with E-state index in [9.17, 15) is 23.1 Å². The lowest BCUT2D eigenvalue weighted by atomic mass is 10.1. The van der Waals surface area contributed by atoms with E-state index >= 15 is 0 Å². The molecule has 114 valence electrons. The van der Waals surface area contributed by atoms with Gasteiger partial charge in [0.25, 0.3) is 0 Å². The van der Waals surface area contributed by atoms with Crippen molar-refractivity contribution in [3.8, 4) is 11.4 Å². The topological polar surface area (TPSA) is 70.9 Å². The van der Waals surface area contributed by atoms with Crippen LogP contribution >= 0.6 is 11.6 Å². The first-order valence-corrected chi connectivity index (χ1v) is 6.20. The predicted octanol–water partition coefficient (Wildman–Crippen LogP) is 2.21. The maximum Gasteiger partial charge on any atom is 0.418 e. The molecule has 1 heterocycles. The lowest BCUT2D eigenvalue weighted by Gasteiger charge is -2.26. The second kappa shape index (κ2) is 5.19. The summed E-state index contributed by atoms with van der Waals surface area (Å²) in [6.07, 6.45) is -4.87. The van der Waals surface area contributed by atoms with Crippen molar-refractivity contribution in [3.63, 3.8) is 0 Å². The van der Waals surface area contributed by atoms with Gasteiger partial charge in [0.2, 0.25) is 0 Å². The third-order valence-corrected chi connectivity index (χ3v) is 3.19. The van der Waals surface area contributed by atoms with Gasteiger partial charge in [-0.2, -0.15) is 18.3 Å². The second-order valence-corrected chi connectivity index (χ2v) is 5.15. The van der Waals surface area contributed by atoms with Gasteiger partial charge < -0.3 is 5.11 Å². The summed E-state index contributed by atoms with van der Waals surface area (Å²) < 4.78 is 38.9. The Balaban J connectivity index is 2.44. The van der Waals surface area contributed by atoms with Crippen LogP contribution in [0.5, 0.6) is 0 Å². The average Bonchev–Trinajstić information content (AvgIpc) is 2.70. The summed E-state index contributed by atoms with van der Waals surface area (Å²) in [6.45, 7) is -0.373. The van der Waals surface area contributed by atoms with Crippen molar-refractivity contribution in [1.82, 2.24) is 14.8 Å². The van der Waals surface area contributed by atoms with Crippen molar-refractivity contribution in [3.05, 3.63) is 39.8 Å². The molecule has 21 heavy (non-hydrogen) atoms. The van der Waals surface area contributed by atoms with Gasteiger partial charge in [0.15, 0.2) is 11.4 Å². The van der Waals surface area contributed by atoms with E-state index in [-0.39, 0.29) is 5.82 Å². The SMILES string of the molecule is CC(O)(Cn1c(-c2ccc(Cl)cc2)n[nH]c1=O)C(F)(F)F. The van der Waals surface area contributed by atoms with Crippen LogP contribution in [0.4, 0.5) is 13.2 Å². The zero-order chi connectivity index (χ0) is 15.8. The van der Waals surface area contributed by atoms with Crippen LogP contribution in [-0.4, -0.2) is 31.6 Å². The van der Waals surface area contributed by atoms with E-state index in [2.05, 4.69) is 10.2 Å². The zero-order valence-corrected chi connectivity index (χ0v) is 11.5. The quantitative estimate of drug-likeness (QED) is 0.910. The van der Waals surface area contributed by atoms with Gasteiger partial charge in [-0.1, -0.05) is 11.6 Å². The largest absolute Gasteiger partial charge is 0.418 e. The van der Waals surface area contributed by atoms with E-state index < -0.39 is 24.0 Å². The highest BCUT2D eigenvalue weighted by atomic mass is 35.5. The number of aromatic amines is 1. The zero-order valence-electron chi connectivity index (χ0n) is 10.8. The minimum Gasteiger partial charge on any atom is -0.379 e. The maximum absolute atomic E-state index is 12.7. The summed E-state index contributed by atoms with van der Waals surface area (Å²) in [5.41, 5.74) is -3.50. The Morgan fingerprint density at radius 2 is 1.90 bits per heavy atom. The Hall–Kier alpha value is -1.80. The molecule has 0 saturated heterocycles. The van der Waals surface area contributed by atoms with Gasteiger partial charge in [0.05, 0.1) is 6.54 Å². The molecule has 0 aliphatic heterocycles. The van der Waals surface area contributed by atoms with Crippen LogP contribution in [0.15, 0.2) is 29.1 Å². The minimum atomic E-state index is -4.87. The van der Waals surface area contributed by atoms with Gasteiger partial charge in [-0.15, -0.1) is 0 Å². The Labute approximate surface area is 122 Å². The molecule has 1 atom stereocenters. The minimum absolute atomic E-state index is 0.0128. The summed E-state index contributed by atoms with van der Waals surface area (Å²) in [6, 6.07) is 6.05. The van der Waals surface area contributed by atoms with Crippen LogP contribution in [0.3, 0.4) is 0 Å². The molecule has 1 unspecified atom stereocenters. The third-order valence-electron chi connectivity index (χ3n) is 2.94. The van der Waals surface area contributed by atoms with E-state index in [1.54, 1.807) is 0 Å². The van der Waals surface area contributed by atoms with E-state index in [0.29, 0.717) is 17.5 Å². The second-order valence-electron chi connectivity index (χ2n) is 4.72. The van der Waals surface area contributed by atoms with Gasteiger partial charge in [-0.3, -0.25) is 4.57 Å². The molecule has 0 aliphatic rings. The number of aromatic nitrogens is 3. The summed E-state index contributed by atoms with van der Waals surface area (Å²) in [7, 11) is 0. The van der Waals surface area contributed by atoms with E-state index in [1.165, 1.54) is 24.3 Å². The standard InChI is InChI=1S/C12H11ClF3N3O2/c1-11(21,12(14,15)16)6-19-9(17-18-10(19)20)7-2-4-8(13)5-3-7/h2-5,21H,6H2,1H3,(H,18,20). The molecule has 1 aromatic heterocycles. The molecule has 9 heteroatoms. The number of halogens is 4. The van der Waals surface area contributed by atoms with E-state index in [0.717, 1.165) is 4.57 Å². The van der Waals surface area contributed by atoms with Gasteiger partial charge in [-0.25, -0.2) is 9.89 Å². The van der Waals surface area contributed by atoms with Crippen molar-refractivity contribution >= 4 is 11.6 Å². The summed E-state index contributed by atoms with van der Waals surface area (Å²) in [4.78, 5) is 11.6. The molecule has 2 N–H and O–H groups in total. The first-order valence-electron chi connectivity index (χ1n) is 5.82. The Bertz CT molecular complexity index is 689. The molecule has 2 rings (SSSR count). The number of nitrogens with one attached hydrogen (secondary N) is 1. The molecular weight excluding hydrogens is 311 g/mol. The number of rotatable bonds is 3. The molecular formula is C12H11ClF3N3O2. The Morgan fingerprint density at radius 1 is 1.33 bits per heavy atom. The average molecular weight is 322 g/mol. The fourth-order valence-corrected chi connectivity index (χ4v) is 1.81. The van der Waals surface area contributed by atoms with Gasteiger partial charge in [-0.05, 0) is 31.2 Å². The van der Waals surface area contributed by atoms with Gasteiger partial charge in [0.1, 0.15) is 0 Å². The summed E-state index contributed by atoms with van der Waals surface area (Å²) in [5.74, 6) is -0.0128. The third kappa shape index (κ3) is 3.11. The molecule has 0 spiro atoms. The van der Waals surface area contributed by atoms with Crippen LogP contribution in [0.1, 0.15) is 6.92 Å². The first-order chi connectivity index (χ1) is 9.62. The number of H-pyrrole nitrogens is 1. The van der Waals surface area contributed by atoms with Crippen molar-refractivity contribution in [2.75, 3.05) is 0 Å². The molecule has 0 fully saturated rings. The number of nitrogens with zero attached hydrogens (tertiary/aromatic N) is 2.